The third kappa shape index (κ3) is 2.67. The molecule has 1 spiro atoms. The molecule has 2 atom stereocenters. The van der Waals surface area contributed by atoms with Gasteiger partial charge in [-0.15, -0.1) is 0 Å². The van der Waals surface area contributed by atoms with Gasteiger partial charge in [0.25, 0.3) is 0 Å². The molecule has 112 valence electrons. The van der Waals surface area contributed by atoms with E-state index in [2.05, 4.69) is 5.32 Å². The fourth-order valence-electron chi connectivity index (χ4n) is 3.80. The van der Waals surface area contributed by atoms with Gasteiger partial charge in [-0.05, 0) is 25.7 Å². The summed E-state index contributed by atoms with van der Waals surface area (Å²) in [6, 6.07) is -0.628. The maximum absolute atomic E-state index is 11.5. The van der Waals surface area contributed by atoms with Gasteiger partial charge < -0.3 is 15.2 Å². The second-order valence-electron chi connectivity index (χ2n) is 6.26. The Balaban J connectivity index is 1.61. The summed E-state index contributed by atoms with van der Waals surface area (Å²) in [6.45, 7) is 0.891. The second-order valence-corrected chi connectivity index (χ2v) is 6.26. The summed E-state index contributed by atoms with van der Waals surface area (Å²) in [4.78, 5) is 24.5. The molecule has 0 aromatic heterocycles. The first-order chi connectivity index (χ1) is 9.58. The Labute approximate surface area is 118 Å². The van der Waals surface area contributed by atoms with Crippen molar-refractivity contribution in [3.8, 4) is 0 Å². The van der Waals surface area contributed by atoms with Crippen LogP contribution in [0, 0.1) is 0 Å². The molecule has 1 aliphatic carbocycles. The quantitative estimate of drug-likeness (QED) is 0.781. The predicted molar refractivity (Wildman–Crippen MR) is 71.3 cm³/mol. The molecular weight excluding hydrogens is 260 g/mol. The van der Waals surface area contributed by atoms with Crippen LogP contribution in [0.25, 0.3) is 0 Å². The minimum atomic E-state index is -0.876. The van der Waals surface area contributed by atoms with Crippen molar-refractivity contribution in [2.24, 2.45) is 0 Å². The Morgan fingerprint density at radius 3 is 2.85 bits per heavy atom. The minimum absolute atomic E-state index is 0.0570. The van der Waals surface area contributed by atoms with Crippen molar-refractivity contribution in [3.63, 3.8) is 0 Å². The fourth-order valence-corrected chi connectivity index (χ4v) is 3.80. The number of hydrogen-bond donors (Lipinski definition) is 2. The third-order valence-electron chi connectivity index (χ3n) is 4.86. The van der Waals surface area contributed by atoms with Crippen molar-refractivity contribution in [1.82, 2.24) is 10.2 Å². The van der Waals surface area contributed by atoms with Crippen LogP contribution < -0.4 is 5.32 Å². The fraction of sp³-hybridized carbons (Fsp3) is 0.857. The highest BCUT2D eigenvalue weighted by Crippen LogP contribution is 2.43. The zero-order valence-corrected chi connectivity index (χ0v) is 11.6. The number of carbonyl (C=O) groups excluding carboxylic acids is 1. The van der Waals surface area contributed by atoms with Gasteiger partial charge in [0.1, 0.15) is 6.04 Å². The number of ether oxygens (including phenoxy) is 1. The number of nitrogens with zero attached hydrogens (tertiary/aromatic N) is 1. The van der Waals surface area contributed by atoms with Crippen LogP contribution >= 0.6 is 0 Å². The van der Waals surface area contributed by atoms with Crippen molar-refractivity contribution >= 4 is 11.9 Å². The van der Waals surface area contributed by atoms with Gasteiger partial charge in [-0.3, -0.25) is 14.5 Å². The van der Waals surface area contributed by atoms with Crippen LogP contribution in [0.1, 0.15) is 38.5 Å². The van der Waals surface area contributed by atoms with Crippen LogP contribution in [0.5, 0.6) is 0 Å². The van der Waals surface area contributed by atoms with E-state index in [1.165, 1.54) is 12.8 Å². The zero-order chi connectivity index (χ0) is 14.2. The van der Waals surface area contributed by atoms with Gasteiger partial charge in [0.15, 0.2) is 0 Å². The maximum Gasteiger partial charge on any atom is 0.322 e. The van der Waals surface area contributed by atoms with Crippen molar-refractivity contribution in [2.75, 3.05) is 19.6 Å². The van der Waals surface area contributed by atoms with E-state index in [0.29, 0.717) is 6.54 Å². The minimum Gasteiger partial charge on any atom is -0.480 e. The topological polar surface area (TPSA) is 78.9 Å². The Bertz CT molecular complexity index is 406. The summed E-state index contributed by atoms with van der Waals surface area (Å²) < 4.78 is 6.21. The standard InChI is InChI=1S/C14H22N2O4/c17-12-9-16(11(7-15-12)13(18)19)8-10-3-6-14(20-10)4-1-2-5-14/h10-11H,1-9H2,(H,15,17)(H,18,19). The Morgan fingerprint density at radius 2 is 2.15 bits per heavy atom. The second kappa shape index (κ2) is 5.33. The largest absolute Gasteiger partial charge is 0.480 e. The first-order valence-electron chi connectivity index (χ1n) is 7.49. The van der Waals surface area contributed by atoms with E-state index in [1.807, 2.05) is 0 Å². The van der Waals surface area contributed by atoms with Gasteiger partial charge in [0.05, 0.1) is 18.2 Å². The molecule has 2 N–H and O–H groups in total. The highest BCUT2D eigenvalue weighted by atomic mass is 16.5. The first kappa shape index (κ1) is 13.8. The molecule has 1 saturated carbocycles. The van der Waals surface area contributed by atoms with E-state index in [9.17, 15) is 14.7 Å². The van der Waals surface area contributed by atoms with E-state index in [0.717, 1.165) is 25.7 Å². The number of rotatable bonds is 3. The Hall–Kier alpha value is -1.14. The van der Waals surface area contributed by atoms with Gasteiger partial charge in [-0.25, -0.2) is 0 Å². The van der Waals surface area contributed by atoms with Crippen molar-refractivity contribution in [3.05, 3.63) is 0 Å². The summed E-state index contributed by atoms with van der Waals surface area (Å²) >= 11 is 0. The molecular formula is C14H22N2O4. The van der Waals surface area contributed by atoms with Gasteiger partial charge in [0.2, 0.25) is 5.91 Å². The lowest BCUT2D eigenvalue weighted by Gasteiger charge is -2.34. The van der Waals surface area contributed by atoms with Crippen molar-refractivity contribution < 1.29 is 19.4 Å². The maximum atomic E-state index is 11.5. The molecule has 2 aliphatic heterocycles. The molecule has 6 heteroatoms. The van der Waals surface area contributed by atoms with E-state index in [4.69, 9.17) is 4.74 Å². The number of hydrogen-bond acceptors (Lipinski definition) is 4. The molecule has 3 rings (SSSR count). The molecule has 3 fully saturated rings. The van der Waals surface area contributed by atoms with E-state index in [-0.39, 0.29) is 30.7 Å². The van der Waals surface area contributed by atoms with Crippen LogP contribution in [0.2, 0.25) is 0 Å². The summed E-state index contributed by atoms with van der Waals surface area (Å²) in [6.07, 6.45) is 6.85. The molecule has 0 bridgehead atoms. The van der Waals surface area contributed by atoms with Gasteiger partial charge in [-0.1, -0.05) is 12.8 Å². The SMILES string of the molecule is O=C1CN(CC2CCC3(CCCC3)O2)C(C(=O)O)CN1. The molecule has 6 nitrogen and oxygen atoms in total. The molecule has 1 amide bonds. The summed E-state index contributed by atoms with van der Waals surface area (Å²) in [7, 11) is 0. The van der Waals surface area contributed by atoms with Gasteiger partial charge in [-0.2, -0.15) is 0 Å². The molecule has 2 saturated heterocycles. The summed E-state index contributed by atoms with van der Waals surface area (Å²) in [5.41, 5.74) is 0.0570. The van der Waals surface area contributed by atoms with E-state index < -0.39 is 12.0 Å². The molecule has 0 aromatic carbocycles. The van der Waals surface area contributed by atoms with Crippen LogP contribution in [-0.4, -0.2) is 59.3 Å². The first-order valence-corrected chi connectivity index (χ1v) is 7.49. The molecule has 0 radical (unpaired) electrons. The van der Waals surface area contributed by atoms with Crippen molar-refractivity contribution in [1.29, 1.82) is 0 Å². The van der Waals surface area contributed by atoms with E-state index >= 15 is 0 Å². The van der Waals surface area contributed by atoms with Gasteiger partial charge in [0, 0.05) is 13.1 Å². The average Bonchev–Trinajstić information content (AvgIpc) is 3.00. The monoisotopic (exact) mass is 282 g/mol. The lowest BCUT2D eigenvalue weighted by atomic mass is 9.98. The number of aliphatic carboxylic acids is 1. The molecule has 20 heavy (non-hydrogen) atoms. The number of carboxylic acid groups (broad SMARTS) is 1. The smallest absolute Gasteiger partial charge is 0.322 e. The van der Waals surface area contributed by atoms with Crippen LogP contribution in [-0.2, 0) is 14.3 Å². The number of amides is 1. The number of carboxylic acids is 1. The Morgan fingerprint density at radius 1 is 1.40 bits per heavy atom. The highest BCUT2D eigenvalue weighted by Gasteiger charge is 2.43. The summed E-state index contributed by atoms with van der Waals surface area (Å²) in [5, 5.41) is 11.9. The van der Waals surface area contributed by atoms with Crippen LogP contribution in [0.4, 0.5) is 0 Å². The number of piperazine rings is 1. The molecule has 3 aliphatic rings. The lowest BCUT2D eigenvalue weighted by Crippen LogP contribution is -2.58. The van der Waals surface area contributed by atoms with E-state index in [1.54, 1.807) is 4.90 Å². The van der Waals surface area contributed by atoms with Crippen LogP contribution in [0.3, 0.4) is 0 Å². The predicted octanol–water partition coefficient (Wildman–Crippen LogP) is 0.363. The molecule has 2 unspecified atom stereocenters. The number of carbonyl (C=O) groups is 2. The Kier molecular flexibility index (Phi) is 3.69. The lowest BCUT2D eigenvalue weighted by molar-refractivity contribution is -0.147. The van der Waals surface area contributed by atoms with Crippen molar-refractivity contribution in [2.45, 2.75) is 56.3 Å². The normalized spacial score (nSPS) is 33.5. The number of nitrogens with one attached hydrogen (secondary N) is 1. The highest BCUT2D eigenvalue weighted by molar-refractivity contribution is 5.83. The molecule has 2 heterocycles. The van der Waals surface area contributed by atoms with Crippen LogP contribution in [0.15, 0.2) is 0 Å². The van der Waals surface area contributed by atoms with Gasteiger partial charge >= 0.3 is 5.97 Å². The average molecular weight is 282 g/mol. The molecule has 0 aromatic rings. The summed E-state index contributed by atoms with van der Waals surface area (Å²) in [5.74, 6) is -0.977. The zero-order valence-electron chi connectivity index (χ0n) is 11.6. The third-order valence-corrected chi connectivity index (χ3v) is 4.86.